The third-order valence-electron chi connectivity index (χ3n) is 4.92. The molecule has 1 saturated carbocycles. The van der Waals surface area contributed by atoms with Gasteiger partial charge in [-0.05, 0) is 37.0 Å². The lowest BCUT2D eigenvalue weighted by Gasteiger charge is -2.39. The summed E-state index contributed by atoms with van der Waals surface area (Å²) in [7, 11) is 0. The first-order valence-electron chi connectivity index (χ1n) is 6.84. The third-order valence-corrected chi connectivity index (χ3v) is 4.92. The molecule has 0 amide bonds. The second-order valence-electron chi connectivity index (χ2n) is 6.61. The predicted molar refractivity (Wildman–Crippen MR) is 69.3 cm³/mol. The summed E-state index contributed by atoms with van der Waals surface area (Å²) in [6.45, 7) is 13.2. The summed E-state index contributed by atoms with van der Waals surface area (Å²) in [6, 6.07) is 0. The minimum atomic E-state index is -0.126. The van der Waals surface area contributed by atoms with Gasteiger partial charge < -0.3 is 0 Å². The molecule has 94 valence electrons. The average molecular weight is 224 g/mol. The Morgan fingerprint density at radius 1 is 1.06 bits per heavy atom. The highest BCUT2D eigenvalue weighted by atomic mass is 16.1. The molecule has 0 bridgehead atoms. The Kier molecular flexibility index (Phi) is 4.20. The molecule has 0 heterocycles. The zero-order chi connectivity index (χ0) is 12.5. The van der Waals surface area contributed by atoms with Gasteiger partial charge in [0.25, 0.3) is 0 Å². The maximum Gasteiger partial charge on any atom is 0.141 e. The van der Waals surface area contributed by atoms with Crippen molar-refractivity contribution in [2.75, 3.05) is 0 Å². The van der Waals surface area contributed by atoms with Crippen LogP contribution in [0.5, 0.6) is 0 Å². The summed E-state index contributed by atoms with van der Waals surface area (Å²) in [4.78, 5) is 12.5. The molecule has 0 aliphatic heterocycles. The van der Waals surface area contributed by atoms with E-state index in [1.165, 1.54) is 6.42 Å². The molecule has 4 atom stereocenters. The molecule has 16 heavy (non-hydrogen) atoms. The molecule has 1 aliphatic rings. The van der Waals surface area contributed by atoms with E-state index in [-0.39, 0.29) is 5.41 Å². The number of rotatable bonds is 3. The smallest absolute Gasteiger partial charge is 0.141 e. The Labute approximate surface area is 101 Å². The first kappa shape index (κ1) is 13.7. The molecule has 0 saturated heterocycles. The van der Waals surface area contributed by atoms with Crippen molar-refractivity contribution in [2.24, 2.45) is 29.1 Å². The van der Waals surface area contributed by atoms with Gasteiger partial charge in [0.05, 0.1) is 0 Å². The topological polar surface area (TPSA) is 17.1 Å². The Morgan fingerprint density at radius 2 is 1.56 bits per heavy atom. The predicted octanol–water partition coefficient (Wildman–Crippen LogP) is 4.31. The van der Waals surface area contributed by atoms with Gasteiger partial charge in [-0.15, -0.1) is 0 Å². The van der Waals surface area contributed by atoms with E-state index in [2.05, 4.69) is 41.5 Å². The zero-order valence-electron chi connectivity index (χ0n) is 11.8. The first-order chi connectivity index (χ1) is 7.29. The van der Waals surface area contributed by atoms with Crippen LogP contribution in [0.1, 0.15) is 60.8 Å². The van der Waals surface area contributed by atoms with Crippen LogP contribution in [0.25, 0.3) is 0 Å². The fourth-order valence-electron chi connectivity index (χ4n) is 2.89. The maximum atomic E-state index is 12.5. The van der Waals surface area contributed by atoms with E-state index >= 15 is 0 Å². The second kappa shape index (κ2) is 4.89. The lowest BCUT2D eigenvalue weighted by molar-refractivity contribution is -0.135. The van der Waals surface area contributed by atoms with E-state index < -0.39 is 0 Å². The summed E-state index contributed by atoms with van der Waals surface area (Å²) < 4.78 is 0. The Morgan fingerprint density at radius 3 is 2.06 bits per heavy atom. The largest absolute Gasteiger partial charge is 0.299 e. The van der Waals surface area contributed by atoms with Gasteiger partial charge in [0.1, 0.15) is 5.78 Å². The molecule has 0 radical (unpaired) electrons. The normalized spacial score (nSPS) is 36.1. The van der Waals surface area contributed by atoms with Crippen LogP contribution in [0, 0.1) is 29.1 Å². The molecule has 4 unspecified atom stereocenters. The fraction of sp³-hybridized carbons (Fsp3) is 0.933. The van der Waals surface area contributed by atoms with E-state index in [1.54, 1.807) is 0 Å². The molecular weight excluding hydrogens is 196 g/mol. The van der Waals surface area contributed by atoms with E-state index in [1.807, 2.05) is 0 Å². The van der Waals surface area contributed by atoms with Gasteiger partial charge in [-0.25, -0.2) is 0 Å². The van der Waals surface area contributed by atoms with Crippen molar-refractivity contribution >= 4 is 5.78 Å². The van der Waals surface area contributed by atoms with Crippen LogP contribution < -0.4 is 0 Å². The van der Waals surface area contributed by atoms with Gasteiger partial charge in [-0.2, -0.15) is 0 Å². The summed E-state index contributed by atoms with van der Waals surface area (Å²) in [6.07, 6.45) is 3.28. The van der Waals surface area contributed by atoms with Crippen LogP contribution in [-0.4, -0.2) is 5.78 Å². The Bertz CT molecular complexity index is 254. The lowest BCUT2D eigenvalue weighted by Crippen LogP contribution is -2.39. The summed E-state index contributed by atoms with van der Waals surface area (Å²) in [5.41, 5.74) is -0.126. The monoisotopic (exact) mass is 224 g/mol. The van der Waals surface area contributed by atoms with Crippen LogP contribution >= 0.6 is 0 Å². The Balaban J connectivity index is 2.77. The molecule has 1 rings (SSSR count). The molecule has 0 aromatic carbocycles. The van der Waals surface area contributed by atoms with Crippen LogP contribution in [0.2, 0.25) is 0 Å². The van der Waals surface area contributed by atoms with E-state index in [9.17, 15) is 4.79 Å². The summed E-state index contributed by atoms with van der Waals surface area (Å²) >= 11 is 0. The molecule has 1 fully saturated rings. The fourth-order valence-corrected chi connectivity index (χ4v) is 2.89. The molecule has 0 aromatic heterocycles. The van der Waals surface area contributed by atoms with Crippen molar-refractivity contribution in [3.63, 3.8) is 0 Å². The summed E-state index contributed by atoms with van der Waals surface area (Å²) in [5.74, 6) is 2.87. The van der Waals surface area contributed by atoms with Crippen LogP contribution in [0.4, 0.5) is 0 Å². The quantitative estimate of drug-likeness (QED) is 0.698. The van der Waals surface area contributed by atoms with Gasteiger partial charge in [0.2, 0.25) is 0 Å². The minimum absolute atomic E-state index is 0.126. The molecule has 0 spiro atoms. The van der Waals surface area contributed by atoms with Crippen LogP contribution in [-0.2, 0) is 4.79 Å². The van der Waals surface area contributed by atoms with Crippen molar-refractivity contribution in [3.8, 4) is 0 Å². The van der Waals surface area contributed by atoms with Gasteiger partial charge in [-0.3, -0.25) is 4.79 Å². The van der Waals surface area contributed by atoms with Gasteiger partial charge in [0.15, 0.2) is 0 Å². The number of hydrogen-bond donors (Lipinski definition) is 0. The molecule has 1 nitrogen and oxygen atoms in total. The van der Waals surface area contributed by atoms with Gasteiger partial charge in [-0.1, -0.05) is 41.5 Å². The second-order valence-corrected chi connectivity index (χ2v) is 6.61. The summed E-state index contributed by atoms with van der Waals surface area (Å²) in [5, 5.41) is 0. The van der Waals surface area contributed by atoms with Crippen molar-refractivity contribution < 1.29 is 4.79 Å². The number of carbonyl (C=O) groups excluding carboxylic acids is 1. The van der Waals surface area contributed by atoms with E-state index in [0.29, 0.717) is 23.5 Å². The van der Waals surface area contributed by atoms with E-state index in [4.69, 9.17) is 0 Å². The zero-order valence-corrected chi connectivity index (χ0v) is 11.8. The van der Waals surface area contributed by atoms with E-state index in [0.717, 1.165) is 18.8 Å². The number of hydrogen-bond acceptors (Lipinski definition) is 1. The van der Waals surface area contributed by atoms with Gasteiger partial charge in [0, 0.05) is 11.3 Å². The first-order valence-corrected chi connectivity index (χ1v) is 6.84. The van der Waals surface area contributed by atoms with Crippen molar-refractivity contribution in [3.05, 3.63) is 0 Å². The van der Waals surface area contributed by atoms with Crippen LogP contribution in [0.15, 0.2) is 0 Å². The van der Waals surface area contributed by atoms with Crippen LogP contribution in [0.3, 0.4) is 0 Å². The van der Waals surface area contributed by atoms with Crippen molar-refractivity contribution in [2.45, 2.75) is 60.8 Å². The highest BCUT2D eigenvalue weighted by Gasteiger charge is 2.39. The molecule has 1 aliphatic carbocycles. The van der Waals surface area contributed by atoms with Crippen molar-refractivity contribution in [1.29, 1.82) is 0 Å². The molecule has 1 heteroatoms. The number of ketones is 1. The number of carbonyl (C=O) groups is 1. The van der Waals surface area contributed by atoms with Crippen molar-refractivity contribution in [1.82, 2.24) is 0 Å². The lowest BCUT2D eigenvalue weighted by atomic mass is 9.64. The highest BCUT2D eigenvalue weighted by molar-refractivity contribution is 5.86. The maximum absolute atomic E-state index is 12.5. The SMILES string of the molecule is CCC(C)(C)C(=O)C1CC(C)C(C)CC1C. The average Bonchev–Trinajstić information content (AvgIpc) is 2.22. The standard InChI is InChI=1S/C15H28O/c1-7-15(5,6)14(16)13-9-11(3)10(2)8-12(13)4/h10-13H,7-9H2,1-6H3. The molecular formula is C15H28O. The molecule has 0 N–H and O–H groups in total. The highest BCUT2D eigenvalue weighted by Crippen LogP contribution is 2.41. The Hall–Kier alpha value is -0.330. The molecule has 0 aromatic rings. The number of Topliss-reactive ketones (excluding diaryl/α,β-unsaturated/α-hetero) is 1. The van der Waals surface area contributed by atoms with Gasteiger partial charge >= 0.3 is 0 Å². The third kappa shape index (κ3) is 2.67. The minimum Gasteiger partial charge on any atom is -0.299 e.